The van der Waals surface area contributed by atoms with Gasteiger partial charge in [-0.3, -0.25) is 4.98 Å². The molecule has 0 saturated heterocycles. The minimum atomic E-state index is -0.0796. The summed E-state index contributed by atoms with van der Waals surface area (Å²) in [5.41, 5.74) is 2.51. The smallest absolute Gasteiger partial charge is 0.178 e. The fourth-order valence-electron chi connectivity index (χ4n) is 1.52. The molecule has 0 aliphatic carbocycles. The minimum Gasteiger partial charge on any atom is -0.390 e. The van der Waals surface area contributed by atoms with E-state index in [4.69, 9.17) is 5.11 Å². The molecule has 0 aromatic carbocycles. The Morgan fingerprint density at radius 3 is 2.81 bits per heavy atom. The second-order valence-corrected chi connectivity index (χ2v) is 3.39. The monoisotopic (exact) mass is 215 g/mol. The van der Waals surface area contributed by atoms with Gasteiger partial charge in [0.2, 0.25) is 0 Å². The number of rotatable bonds is 3. The predicted octanol–water partition coefficient (Wildman–Crippen LogP) is 1.59. The summed E-state index contributed by atoms with van der Waals surface area (Å²) >= 11 is 0. The molecule has 1 N–H and O–H groups in total. The first-order chi connectivity index (χ1) is 7.85. The van der Waals surface area contributed by atoms with Crippen LogP contribution in [0.4, 0.5) is 0 Å². The van der Waals surface area contributed by atoms with E-state index in [1.165, 1.54) is 0 Å². The first-order valence-electron chi connectivity index (χ1n) is 5.22. The second kappa shape index (κ2) is 4.81. The van der Waals surface area contributed by atoms with E-state index in [0.717, 1.165) is 17.7 Å². The van der Waals surface area contributed by atoms with Gasteiger partial charge in [-0.1, -0.05) is 13.0 Å². The predicted molar refractivity (Wildman–Crippen MR) is 60.6 cm³/mol. The highest BCUT2D eigenvalue weighted by Gasteiger charge is 2.07. The van der Waals surface area contributed by atoms with Crippen molar-refractivity contribution in [3.63, 3.8) is 0 Å². The highest BCUT2D eigenvalue weighted by molar-refractivity contribution is 5.54. The number of pyridine rings is 1. The van der Waals surface area contributed by atoms with Gasteiger partial charge >= 0.3 is 0 Å². The van der Waals surface area contributed by atoms with Gasteiger partial charge in [-0.25, -0.2) is 9.97 Å². The van der Waals surface area contributed by atoms with Gasteiger partial charge in [0.15, 0.2) is 5.82 Å². The van der Waals surface area contributed by atoms with E-state index in [1.54, 1.807) is 18.5 Å². The van der Waals surface area contributed by atoms with E-state index in [2.05, 4.69) is 21.9 Å². The van der Waals surface area contributed by atoms with Gasteiger partial charge in [0.25, 0.3) is 0 Å². The number of aliphatic hydroxyl groups is 1. The largest absolute Gasteiger partial charge is 0.390 e. The summed E-state index contributed by atoms with van der Waals surface area (Å²) in [6, 6.07) is 5.60. The third kappa shape index (κ3) is 2.06. The van der Waals surface area contributed by atoms with Gasteiger partial charge in [-0.2, -0.15) is 0 Å². The Kier molecular flexibility index (Phi) is 3.22. The molecule has 4 heteroatoms. The van der Waals surface area contributed by atoms with Crippen molar-refractivity contribution in [3.8, 4) is 11.5 Å². The third-order valence-electron chi connectivity index (χ3n) is 2.36. The second-order valence-electron chi connectivity index (χ2n) is 3.39. The van der Waals surface area contributed by atoms with E-state index in [9.17, 15) is 0 Å². The Hall–Kier alpha value is -1.81. The molecule has 0 radical (unpaired) electrons. The molecule has 0 spiro atoms. The molecule has 82 valence electrons. The van der Waals surface area contributed by atoms with Gasteiger partial charge in [0.1, 0.15) is 5.69 Å². The summed E-state index contributed by atoms with van der Waals surface area (Å²) in [6.07, 6.45) is 4.25. The molecule has 2 heterocycles. The van der Waals surface area contributed by atoms with Crippen LogP contribution in [0.1, 0.15) is 18.2 Å². The van der Waals surface area contributed by atoms with E-state index < -0.39 is 0 Å². The number of hydrogen-bond donors (Lipinski definition) is 1. The SMILES string of the molecule is CCc1cccnc1-c1nccc(CO)n1. The Bertz CT molecular complexity index is 485. The first kappa shape index (κ1) is 10.7. The van der Waals surface area contributed by atoms with Crippen molar-refractivity contribution in [2.45, 2.75) is 20.0 Å². The van der Waals surface area contributed by atoms with E-state index in [1.807, 2.05) is 12.1 Å². The van der Waals surface area contributed by atoms with Crippen molar-refractivity contribution in [3.05, 3.63) is 41.9 Å². The van der Waals surface area contributed by atoms with Crippen LogP contribution >= 0.6 is 0 Å². The van der Waals surface area contributed by atoms with Gasteiger partial charge in [-0.15, -0.1) is 0 Å². The topological polar surface area (TPSA) is 58.9 Å². The number of aliphatic hydroxyl groups excluding tert-OH is 1. The lowest BCUT2D eigenvalue weighted by Crippen LogP contribution is -1.99. The molecule has 2 aromatic rings. The first-order valence-corrected chi connectivity index (χ1v) is 5.22. The van der Waals surface area contributed by atoms with Gasteiger partial charge < -0.3 is 5.11 Å². The molecule has 0 bridgehead atoms. The quantitative estimate of drug-likeness (QED) is 0.844. The highest BCUT2D eigenvalue weighted by Crippen LogP contribution is 2.17. The Labute approximate surface area is 94.0 Å². The van der Waals surface area contributed by atoms with Crippen LogP contribution in [0.2, 0.25) is 0 Å². The van der Waals surface area contributed by atoms with Gasteiger partial charge in [0, 0.05) is 12.4 Å². The van der Waals surface area contributed by atoms with Crippen molar-refractivity contribution in [1.29, 1.82) is 0 Å². The highest BCUT2D eigenvalue weighted by atomic mass is 16.3. The average Bonchev–Trinajstić information content (AvgIpc) is 2.38. The third-order valence-corrected chi connectivity index (χ3v) is 2.36. The normalized spacial score (nSPS) is 10.4. The average molecular weight is 215 g/mol. The zero-order chi connectivity index (χ0) is 11.4. The van der Waals surface area contributed by atoms with E-state index in [0.29, 0.717) is 11.5 Å². The molecule has 0 atom stereocenters. The fourth-order valence-corrected chi connectivity index (χ4v) is 1.52. The molecule has 0 amide bonds. The maximum Gasteiger partial charge on any atom is 0.178 e. The molecule has 16 heavy (non-hydrogen) atoms. The van der Waals surface area contributed by atoms with Crippen LogP contribution in [0.25, 0.3) is 11.5 Å². The van der Waals surface area contributed by atoms with Crippen LogP contribution in [0, 0.1) is 0 Å². The maximum atomic E-state index is 9.02. The van der Waals surface area contributed by atoms with Crippen molar-refractivity contribution in [1.82, 2.24) is 15.0 Å². The van der Waals surface area contributed by atoms with Crippen LogP contribution in [0.15, 0.2) is 30.6 Å². The number of aromatic nitrogens is 3. The van der Waals surface area contributed by atoms with Crippen molar-refractivity contribution in [2.24, 2.45) is 0 Å². The lowest BCUT2D eigenvalue weighted by atomic mass is 10.1. The molecule has 0 fully saturated rings. The van der Waals surface area contributed by atoms with Crippen LogP contribution < -0.4 is 0 Å². The van der Waals surface area contributed by atoms with Gasteiger partial charge in [-0.05, 0) is 24.1 Å². The number of hydrogen-bond acceptors (Lipinski definition) is 4. The maximum absolute atomic E-state index is 9.02. The van der Waals surface area contributed by atoms with Crippen LogP contribution in [-0.4, -0.2) is 20.1 Å². The Balaban J connectivity index is 2.49. The lowest BCUT2D eigenvalue weighted by molar-refractivity contribution is 0.277. The molecule has 0 unspecified atom stereocenters. The molecule has 4 nitrogen and oxygen atoms in total. The summed E-state index contributed by atoms with van der Waals surface area (Å²) in [7, 11) is 0. The zero-order valence-electron chi connectivity index (χ0n) is 9.09. The van der Waals surface area contributed by atoms with Crippen molar-refractivity contribution >= 4 is 0 Å². The molecule has 0 aliphatic heterocycles. The number of nitrogens with zero attached hydrogens (tertiary/aromatic N) is 3. The summed E-state index contributed by atoms with van der Waals surface area (Å²) < 4.78 is 0. The standard InChI is InChI=1S/C12H13N3O/c1-2-9-4-3-6-13-11(9)12-14-7-5-10(8-16)15-12/h3-7,16H,2,8H2,1H3. The minimum absolute atomic E-state index is 0.0796. The molecule has 2 aromatic heterocycles. The summed E-state index contributed by atoms with van der Waals surface area (Å²) in [5, 5.41) is 9.02. The van der Waals surface area contributed by atoms with E-state index in [-0.39, 0.29) is 6.61 Å². The Morgan fingerprint density at radius 2 is 2.06 bits per heavy atom. The van der Waals surface area contributed by atoms with Crippen LogP contribution in [-0.2, 0) is 13.0 Å². The van der Waals surface area contributed by atoms with Crippen molar-refractivity contribution in [2.75, 3.05) is 0 Å². The molecule has 0 saturated carbocycles. The zero-order valence-corrected chi connectivity index (χ0v) is 9.09. The lowest BCUT2D eigenvalue weighted by Gasteiger charge is -2.05. The fraction of sp³-hybridized carbons (Fsp3) is 0.250. The summed E-state index contributed by atoms with van der Waals surface area (Å²) in [4.78, 5) is 12.7. The molecular weight excluding hydrogens is 202 g/mol. The van der Waals surface area contributed by atoms with Crippen LogP contribution in [0.5, 0.6) is 0 Å². The van der Waals surface area contributed by atoms with Crippen LogP contribution in [0.3, 0.4) is 0 Å². The summed E-state index contributed by atoms with van der Waals surface area (Å²) in [5.74, 6) is 0.573. The molecular formula is C12H13N3O. The summed E-state index contributed by atoms with van der Waals surface area (Å²) in [6.45, 7) is 1.99. The van der Waals surface area contributed by atoms with Gasteiger partial charge in [0.05, 0.1) is 12.3 Å². The van der Waals surface area contributed by atoms with E-state index >= 15 is 0 Å². The Morgan fingerprint density at radius 1 is 1.19 bits per heavy atom. The number of aryl methyl sites for hydroxylation is 1. The molecule has 2 rings (SSSR count). The van der Waals surface area contributed by atoms with Crippen molar-refractivity contribution < 1.29 is 5.11 Å². The molecule has 0 aliphatic rings.